The molecule has 0 bridgehead atoms. The molecule has 3 N–H and O–H groups in total. The van der Waals surface area contributed by atoms with Crippen LogP contribution in [-0.4, -0.2) is 65.7 Å². The van der Waals surface area contributed by atoms with Crippen LogP contribution in [0.4, 0.5) is 0 Å². The van der Waals surface area contributed by atoms with Crippen molar-refractivity contribution in [2.24, 2.45) is 0 Å². The van der Waals surface area contributed by atoms with E-state index in [-0.39, 0.29) is 12.8 Å². The Hall–Kier alpha value is -2.07. The van der Waals surface area contributed by atoms with Crippen molar-refractivity contribution in [3.05, 3.63) is 48.6 Å². The second-order valence-electron chi connectivity index (χ2n) is 12.5. The van der Waals surface area contributed by atoms with Gasteiger partial charge in [-0.3, -0.25) is 18.6 Å². The Labute approximate surface area is 303 Å². The summed E-state index contributed by atoms with van der Waals surface area (Å²) in [5.74, 6) is -1.04. The lowest BCUT2D eigenvalue weighted by atomic mass is 10.1. The Morgan fingerprint density at radius 3 is 1.38 bits per heavy atom. The highest BCUT2D eigenvalue weighted by atomic mass is 31.2. The number of unbranched alkanes of at least 4 members (excludes halogenated alkanes) is 13. The number of aliphatic hydroxyl groups excluding tert-OH is 2. The lowest BCUT2D eigenvalue weighted by molar-refractivity contribution is -0.153. The number of carbonyl (C=O) groups excluding carboxylic acids is 2. The summed E-state index contributed by atoms with van der Waals surface area (Å²) in [5.41, 5.74) is 0. The molecule has 0 aromatic heterocycles. The quantitative estimate of drug-likeness (QED) is 0.0249. The van der Waals surface area contributed by atoms with Crippen LogP contribution in [0.3, 0.4) is 0 Å². The third-order valence-electron chi connectivity index (χ3n) is 7.76. The normalized spacial score (nSPS) is 14.6. The molecule has 0 spiro atoms. The van der Waals surface area contributed by atoms with E-state index in [4.69, 9.17) is 18.5 Å². The number of hydrogen-bond donors (Lipinski definition) is 3. The Morgan fingerprint density at radius 1 is 0.560 bits per heavy atom. The van der Waals surface area contributed by atoms with Crippen LogP contribution in [0.1, 0.15) is 149 Å². The molecule has 10 nitrogen and oxygen atoms in total. The number of phosphoric acid groups is 1. The highest BCUT2D eigenvalue weighted by molar-refractivity contribution is 7.47. The minimum Gasteiger partial charge on any atom is -0.457 e. The maximum absolute atomic E-state index is 12.3. The zero-order valence-electron chi connectivity index (χ0n) is 31.1. The fraction of sp³-hybridized carbons (Fsp3) is 0.744. The summed E-state index contributed by atoms with van der Waals surface area (Å²) in [6, 6.07) is 0. The fourth-order valence-corrected chi connectivity index (χ4v) is 5.62. The van der Waals surface area contributed by atoms with E-state index in [1.165, 1.54) is 12.8 Å². The summed E-state index contributed by atoms with van der Waals surface area (Å²) in [7, 11) is -4.63. The molecule has 3 unspecified atom stereocenters. The van der Waals surface area contributed by atoms with Crippen molar-refractivity contribution in [2.45, 2.75) is 161 Å². The van der Waals surface area contributed by atoms with Gasteiger partial charge < -0.3 is 24.6 Å². The number of ether oxygens (including phenoxy) is 2. The molecule has 290 valence electrons. The van der Waals surface area contributed by atoms with Gasteiger partial charge in [0.2, 0.25) is 0 Å². The lowest BCUT2D eigenvalue weighted by Crippen LogP contribution is -2.28. The van der Waals surface area contributed by atoms with E-state index in [2.05, 4.69) is 62.5 Å². The smallest absolute Gasteiger partial charge is 0.457 e. The van der Waals surface area contributed by atoms with E-state index in [0.29, 0.717) is 12.8 Å². The average molecular weight is 729 g/mol. The van der Waals surface area contributed by atoms with Gasteiger partial charge in [-0.1, -0.05) is 120 Å². The molecule has 11 heteroatoms. The predicted molar refractivity (Wildman–Crippen MR) is 201 cm³/mol. The van der Waals surface area contributed by atoms with Crippen LogP contribution in [0.2, 0.25) is 0 Å². The van der Waals surface area contributed by atoms with Crippen LogP contribution >= 0.6 is 7.82 Å². The second-order valence-corrected chi connectivity index (χ2v) is 14.0. The molecular weight excluding hydrogens is 659 g/mol. The van der Waals surface area contributed by atoms with Crippen LogP contribution in [-0.2, 0) is 32.7 Å². The van der Waals surface area contributed by atoms with E-state index >= 15 is 0 Å². The van der Waals surface area contributed by atoms with Crippen molar-refractivity contribution < 1.29 is 47.8 Å². The van der Waals surface area contributed by atoms with Gasteiger partial charge in [-0.05, 0) is 64.2 Å². The Morgan fingerprint density at radius 2 is 0.940 bits per heavy atom. The van der Waals surface area contributed by atoms with Crippen LogP contribution in [0.5, 0.6) is 0 Å². The molecule has 0 aliphatic carbocycles. The highest BCUT2D eigenvalue weighted by Crippen LogP contribution is 2.43. The third kappa shape index (κ3) is 33.1. The largest absolute Gasteiger partial charge is 0.472 e. The molecule has 0 aromatic rings. The molecule has 50 heavy (non-hydrogen) atoms. The zero-order chi connectivity index (χ0) is 37.0. The topological polar surface area (TPSA) is 149 Å². The number of allylic oxidation sites excluding steroid dienone is 8. The number of esters is 2. The molecule has 0 radical (unpaired) electrons. The maximum Gasteiger partial charge on any atom is 0.472 e. The van der Waals surface area contributed by atoms with Gasteiger partial charge in [0, 0.05) is 12.8 Å². The first-order chi connectivity index (χ1) is 24.3. The van der Waals surface area contributed by atoms with Crippen LogP contribution < -0.4 is 0 Å². The standard InChI is InChI=1S/C39H69O10P/c1-3-5-7-9-11-13-15-16-17-18-19-20-21-23-25-27-29-31-39(43)49-37(33-41)35-47-50(44,45)46-34-36(32-40)48-38(42)30-28-26-24-22-14-12-10-8-6-4-2/h5,7-8,10-11,13,16-17,36-37,40-41H,3-4,6,9,12,14-15,18-35H2,1-2H3,(H,44,45)/b7-5-,10-8-,13-11-,17-16-. The summed E-state index contributed by atoms with van der Waals surface area (Å²) in [6.45, 7) is 1.98. The second kappa shape index (κ2) is 35.3. The minimum absolute atomic E-state index is 0.179. The summed E-state index contributed by atoms with van der Waals surface area (Å²) in [4.78, 5) is 34.3. The number of phosphoric ester groups is 1. The number of carbonyl (C=O) groups is 2. The minimum atomic E-state index is -4.63. The molecule has 0 rings (SSSR count). The van der Waals surface area contributed by atoms with E-state index in [0.717, 1.165) is 96.3 Å². The van der Waals surface area contributed by atoms with E-state index < -0.39 is 58.4 Å². The van der Waals surface area contributed by atoms with Gasteiger partial charge in [-0.25, -0.2) is 4.57 Å². The van der Waals surface area contributed by atoms with Gasteiger partial charge in [-0.15, -0.1) is 0 Å². The van der Waals surface area contributed by atoms with Gasteiger partial charge in [0.1, 0.15) is 12.2 Å². The molecule has 0 aliphatic rings. The molecule has 0 saturated carbocycles. The summed E-state index contributed by atoms with van der Waals surface area (Å²) in [6.07, 6.45) is 35.2. The highest BCUT2D eigenvalue weighted by Gasteiger charge is 2.27. The van der Waals surface area contributed by atoms with E-state index in [1.807, 2.05) is 0 Å². The monoisotopic (exact) mass is 728 g/mol. The Kier molecular flexibility index (Phi) is 33.9. The molecule has 0 aromatic carbocycles. The van der Waals surface area contributed by atoms with Gasteiger partial charge in [-0.2, -0.15) is 0 Å². The van der Waals surface area contributed by atoms with Gasteiger partial charge in [0.05, 0.1) is 26.4 Å². The maximum atomic E-state index is 12.3. The predicted octanol–water partition coefficient (Wildman–Crippen LogP) is 9.38. The first-order valence-electron chi connectivity index (χ1n) is 19.1. The molecule has 0 amide bonds. The van der Waals surface area contributed by atoms with Crippen molar-refractivity contribution >= 4 is 19.8 Å². The molecule has 3 atom stereocenters. The van der Waals surface area contributed by atoms with Crippen LogP contribution in [0.15, 0.2) is 48.6 Å². The molecular formula is C39H69O10P. The molecule has 0 fully saturated rings. The van der Waals surface area contributed by atoms with Crippen molar-refractivity contribution in [3.63, 3.8) is 0 Å². The van der Waals surface area contributed by atoms with Crippen molar-refractivity contribution in [1.82, 2.24) is 0 Å². The molecule has 0 saturated heterocycles. The van der Waals surface area contributed by atoms with E-state index in [1.54, 1.807) is 0 Å². The third-order valence-corrected chi connectivity index (χ3v) is 8.71. The zero-order valence-corrected chi connectivity index (χ0v) is 32.0. The fourth-order valence-electron chi connectivity index (χ4n) is 4.84. The lowest BCUT2D eigenvalue weighted by Gasteiger charge is -2.20. The summed E-state index contributed by atoms with van der Waals surface area (Å²) < 4.78 is 32.4. The first-order valence-corrected chi connectivity index (χ1v) is 20.6. The van der Waals surface area contributed by atoms with Gasteiger partial charge >= 0.3 is 19.8 Å². The molecule has 0 heterocycles. The summed E-state index contributed by atoms with van der Waals surface area (Å²) in [5, 5.41) is 19.1. The first kappa shape index (κ1) is 47.9. The summed E-state index contributed by atoms with van der Waals surface area (Å²) >= 11 is 0. The SMILES string of the molecule is CC/C=C\C/C=C\C/C=C\CCCCCCCCCC(=O)OC(CO)COP(=O)(O)OCC(CO)OC(=O)CCCCCCC/C=C\CCC. The number of rotatable bonds is 35. The number of hydrogen-bond acceptors (Lipinski definition) is 9. The van der Waals surface area contributed by atoms with Gasteiger partial charge in [0.25, 0.3) is 0 Å². The van der Waals surface area contributed by atoms with E-state index in [9.17, 15) is 29.3 Å². The van der Waals surface area contributed by atoms with Crippen molar-refractivity contribution in [1.29, 1.82) is 0 Å². The van der Waals surface area contributed by atoms with Crippen LogP contribution in [0.25, 0.3) is 0 Å². The Balaban J connectivity index is 3.99. The Bertz CT molecular complexity index is 978. The average Bonchev–Trinajstić information content (AvgIpc) is 3.10. The molecule has 0 aliphatic heterocycles. The van der Waals surface area contributed by atoms with Gasteiger partial charge in [0.15, 0.2) is 0 Å². The van der Waals surface area contributed by atoms with Crippen molar-refractivity contribution in [3.8, 4) is 0 Å². The van der Waals surface area contributed by atoms with Crippen molar-refractivity contribution in [2.75, 3.05) is 26.4 Å². The van der Waals surface area contributed by atoms with Crippen LogP contribution in [0, 0.1) is 0 Å². The number of aliphatic hydroxyl groups is 2.